The maximum absolute atomic E-state index is 13.4. The van der Waals surface area contributed by atoms with Crippen molar-refractivity contribution in [3.05, 3.63) is 41.2 Å². The fourth-order valence-electron chi connectivity index (χ4n) is 1.79. The van der Waals surface area contributed by atoms with Gasteiger partial charge in [-0.25, -0.2) is 13.2 Å². The van der Waals surface area contributed by atoms with E-state index in [1.807, 2.05) is 0 Å². The Morgan fingerprint density at radius 2 is 1.81 bits per heavy atom. The van der Waals surface area contributed by atoms with Crippen LogP contribution in [0.15, 0.2) is 18.2 Å². The van der Waals surface area contributed by atoms with Crippen molar-refractivity contribution in [2.24, 2.45) is 0 Å². The van der Waals surface area contributed by atoms with E-state index in [-0.39, 0.29) is 11.3 Å². The lowest BCUT2D eigenvalue weighted by molar-refractivity contribution is -0.114. The largest absolute Gasteiger partial charge is 0.295 e. The molecule has 0 heterocycles. The molecule has 0 bridgehead atoms. The van der Waals surface area contributed by atoms with Crippen LogP contribution >= 0.6 is 0 Å². The molecular weight excluding hydrogens is 217 g/mol. The predicted octanol–water partition coefficient (Wildman–Crippen LogP) is 3.24. The summed E-state index contributed by atoms with van der Waals surface area (Å²) in [4.78, 5) is 11.1. The molecule has 0 aromatic heterocycles. The van der Waals surface area contributed by atoms with Crippen molar-refractivity contribution in [2.45, 2.75) is 19.3 Å². The molecule has 1 nitrogen and oxygen atoms in total. The SMILES string of the molecule is O=C1C=C(c2cc(F)cc(F)c2F)CCC1. The van der Waals surface area contributed by atoms with Crippen LogP contribution in [0.25, 0.3) is 5.57 Å². The molecule has 1 aromatic carbocycles. The molecule has 1 aliphatic rings. The highest BCUT2D eigenvalue weighted by Gasteiger charge is 2.18. The van der Waals surface area contributed by atoms with Gasteiger partial charge in [0.1, 0.15) is 5.82 Å². The number of carbonyl (C=O) groups is 1. The Balaban J connectivity index is 2.51. The van der Waals surface area contributed by atoms with Gasteiger partial charge in [0.15, 0.2) is 17.4 Å². The number of hydrogen-bond acceptors (Lipinski definition) is 1. The van der Waals surface area contributed by atoms with Crippen molar-refractivity contribution in [3.63, 3.8) is 0 Å². The lowest BCUT2D eigenvalue weighted by Crippen LogP contribution is -2.04. The Bertz CT molecular complexity index is 477. The first-order valence-electron chi connectivity index (χ1n) is 4.96. The number of allylic oxidation sites excluding steroid dienone is 2. The van der Waals surface area contributed by atoms with E-state index in [1.165, 1.54) is 6.08 Å². The van der Waals surface area contributed by atoms with Gasteiger partial charge in [-0.15, -0.1) is 0 Å². The molecule has 4 heteroatoms. The minimum absolute atomic E-state index is 0.134. The van der Waals surface area contributed by atoms with Crippen LogP contribution in [0.4, 0.5) is 13.2 Å². The second-order valence-electron chi connectivity index (χ2n) is 3.74. The Hall–Kier alpha value is -1.58. The van der Waals surface area contributed by atoms with Crippen molar-refractivity contribution in [1.29, 1.82) is 0 Å². The molecule has 0 radical (unpaired) electrons. The molecule has 0 unspecified atom stereocenters. The van der Waals surface area contributed by atoms with E-state index in [4.69, 9.17) is 0 Å². The quantitative estimate of drug-likeness (QED) is 0.672. The molecule has 0 aliphatic heterocycles. The van der Waals surface area contributed by atoms with Crippen molar-refractivity contribution in [1.82, 2.24) is 0 Å². The van der Waals surface area contributed by atoms with Gasteiger partial charge in [0.2, 0.25) is 0 Å². The van der Waals surface area contributed by atoms with Crippen LogP contribution in [0.3, 0.4) is 0 Å². The maximum Gasteiger partial charge on any atom is 0.166 e. The summed E-state index contributed by atoms with van der Waals surface area (Å²) in [6.45, 7) is 0. The van der Waals surface area contributed by atoms with E-state index in [9.17, 15) is 18.0 Å². The lowest BCUT2D eigenvalue weighted by atomic mass is 9.92. The minimum Gasteiger partial charge on any atom is -0.295 e. The van der Waals surface area contributed by atoms with E-state index in [1.54, 1.807) is 0 Å². The van der Waals surface area contributed by atoms with Crippen LogP contribution in [0.5, 0.6) is 0 Å². The van der Waals surface area contributed by atoms with Crippen LogP contribution in [-0.2, 0) is 4.79 Å². The lowest BCUT2D eigenvalue weighted by Gasteiger charge is -2.13. The van der Waals surface area contributed by atoms with Crippen LogP contribution in [0.1, 0.15) is 24.8 Å². The molecule has 0 amide bonds. The topological polar surface area (TPSA) is 17.1 Å². The average Bonchev–Trinajstić information content (AvgIpc) is 2.23. The maximum atomic E-state index is 13.4. The van der Waals surface area contributed by atoms with Crippen molar-refractivity contribution < 1.29 is 18.0 Å². The van der Waals surface area contributed by atoms with E-state index in [2.05, 4.69) is 0 Å². The number of benzene rings is 1. The van der Waals surface area contributed by atoms with Gasteiger partial charge in [0.05, 0.1) is 0 Å². The molecule has 2 rings (SSSR count). The zero-order valence-corrected chi connectivity index (χ0v) is 8.40. The first-order chi connectivity index (χ1) is 7.58. The molecular formula is C12H9F3O. The summed E-state index contributed by atoms with van der Waals surface area (Å²) in [5.41, 5.74) is 0.220. The molecule has 1 aliphatic carbocycles. The number of rotatable bonds is 1. The number of carbonyl (C=O) groups excluding carboxylic acids is 1. The zero-order chi connectivity index (χ0) is 11.7. The smallest absolute Gasteiger partial charge is 0.166 e. The average molecular weight is 226 g/mol. The number of hydrogen-bond donors (Lipinski definition) is 0. The highest BCUT2D eigenvalue weighted by Crippen LogP contribution is 2.28. The van der Waals surface area contributed by atoms with E-state index < -0.39 is 17.5 Å². The normalized spacial score (nSPS) is 16.2. The number of ketones is 1. The van der Waals surface area contributed by atoms with Crippen LogP contribution in [0, 0.1) is 17.5 Å². The van der Waals surface area contributed by atoms with Crippen molar-refractivity contribution in [3.8, 4) is 0 Å². The van der Waals surface area contributed by atoms with Crippen molar-refractivity contribution in [2.75, 3.05) is 0 Å². The monoisotopic (exact) mass is 226 g/mol. The highest BCUT2D eigenvalue weighted by molar-refractivity contribution is 5.98. The molecule has 84 valence electrons. The molecule has 0 saturated heterocycles. The van der Waals surface area contributed by atoms with Crippen LogP contribution < -0.4 is 0 Å². The highest BCUT2D eigenvalue weighted by atomic mass is 19.2. The van der Waals surface area contributed by atoms with Gasteiger partial charge in [-0.3, -0.25) is 4.79 Å². The van der Waals surface area contributed by atoms with Gasteiger partial charge < -0.3 is 0 Å². The zero-order valence-electron chi connectivity index (χ0n) is 8.40. The van der Waals surface area contributed by atoms with E-state index in [0.717, 1.165) is 6.07 Å². The summed E-state index contributed by atoms with van der Waals surface area (Å²) in [5, 5.41) is 0. The van der Waals surface area contributed by atoms with Crippen LogP contribution in [0.2, 0.25) is 0 Å². The second kappa shape index (κ2) is 4.12. The van der Waals surface area contributed by atoms with E-state index in [0.29, 0.717) is 30.9 Å². The van der Waals surface area contributed by atoms with Crippen LogP contribution in [-0.4, -0.2) is 5.78 Å². The molecule has 0 spiro atoms. The van der Waals surface area contributed by atoms with Gasteiger partial charge in [0, 0.05) is 18.1 Å². The summed E-state index contributed by atoms with van der Waals surface area (Å²) in [5.74, 6) is -3.30. The Kier molecular flexibility index (Phi) is 2.81. The molecule has 0 fully saturated rings. The van der Waals surface area contributed by atoms with Gasteiger partial charge in [-0.1, -0.05) is 0 Å². The molecule has 0 N–H and O–H groups in total. The third-order valence-corrected chi connectivity index (χ3v) is 2.54. The molecule has 1 aromatic rings. The van der Waals surface area contributed by atoms with Gasteiger partial charge in [0.25, 0.3) is 0 Å². The summed E-state index contributed by atoms with van der Waals surface area (Å²) in [6, 6.07) is 1.41. The Morgan fingerprint density at radius 1 is 1.06 bits per heavy atom. The predicted molar refractivity (Wildman–Crippen MR) is 53.2 cm³/mol. The third-order valence-electron chi connectivity index (χ3n) is 2.54. The van der Waals surface area contributed by atoms with Gasteiger partial charge in [-0.05, 0) is 30.6 Å². The van der Waals surface area contributed by atoms with Gasteiger partial charge in [-0.2, -0.15) is 0 Å². The molecule has 16 heavy (non-hydrogen) atoms. The summed E-state index contributed by atoms with van der Waals surface area (Å²) < 4.78 is 39.3. The summed E-state index contributed by atoms with van der Waals surface area (Å²) in [6.07, 6.45) is 2.72. The fraction of sp³-hybridized carbons (Fsp3) is 0.250. The summed E-state index contributed by atoms with van der Waals surface area (Å²) in [7, 11) is 0. The van der Waals surface area contributed by atoms with E-state index >= 15 is 0 Å². The summed E-state index contributed by atoms with van der Waals surface area (Å²) >= 11 is 0. The first-order valence-corrected chi connectivity index (χ1v) is 4.96. The molecule has 0 atom stereocenters. The second-order valence-corrected chi connectivity index (χ2v) is 3.74. The fourth-order valence-corrected chi connectivity index (χ4v) is 1.79. The third kappa shape index (κ3) is 2.01. The Labute approximate surface area is 90.6 Å². The first kappa shape index (κ1) is 10.9. The van der Waals surface area contributed by atoms with Gasteiger partial charge >= 0.3 is 0 Å². The minimum atomic E-state index is -1.23. The standard InChI is InChI=1S/C12H9F3O/c13-8-5-10(12(15)11(14)6-8)7-2-1-3-9(16)4-7/h4-6H,1-3H2. The number of halogens is 3. The Morgan fingerprint density at radius 3 is 2.50 bits per heavy atom. The van der Waals surface area contributed by atoms with Crippen molar-refractivity contribution >= 4 is 11.4 Å². The molecule has 0 saturated carbocycles.